The molecule has 0 aromatic rings. The van der Waals surface area contributed by atoms with Gasteiger partial charge in [0.1, 0.15) is 0 Å². The molecule has 3 aliphatic rings. The Morgan fingerprint density at radius 3 is 1.29 bits per heavy atom. The normalized spacial score (nSPS) is 38.7. The zero-order valence-corrected chi connectivity index (χ0v) is 15.0. The maximum atomic E-state index is 12.4. The predicted octanol–water partition coefficient (Wildman–Crippen LogP) is 4.39. The molecular weight excluding hydrogens is 302 g/mol. The van der Waals surface area contributed by atoms with Gasteiger partial charge in [-0.25, -0.2) is 9.59 Å². The molecule has 4 atom stereocenters. The predicted molar refractivity (Wildman–Crippen MR) is 88.3 cm³/mol. The maximum absolute atomic E-state index is 12.4. The minimum Gasteiger partial charge on any atom is -0.386 e. The van der Waals surface area contributed by atoms with E-state index in [1.54, 1.807) is 0 Å². The molecule has 0 unspecified atom stereocenters. The van der Waals surface area contributed by atoms with Crippen LogP contribution in [0, 0.1) is 0 Å². The van der Waals surface area contributed by atoms with Crippen molar-refractivity contribution in [1.82, 2.24) is 0 Å². The summed E-state index contributed by atoms with van der Waals surface area (Å²) in [5, 5.41) is 1.67. The van der Waals surface area contributed by atoms with Gasteiger partial charge in [0.2, 0.25) is 0 Å². The van der Waals surface area contributed by atoms with Gasteiger partial charge in [-0.05, 0) is 48.3 Å². The first kappa shape index (κ1) is 15.6. The summed E-state index contributed by atoms with van der Waals surface area (Å²) in [7, 11) is -1.06. The van der Waals surface area contributed by atoms with Gasteiger partial charge in [-0.3, -0.25) is 0 Å². The zero-order chi connectivity index (χ0) is 15.3. The maximum Gasteiger partial charge on any atom is 0.347 e. The first-order chi connectivity index (χ1) is 9.91. The fraction of sp³-hybridized carbons (Fsp3) is 0.750. The lowest BCUT2D eigenvalue weighted by Gasteiger charge is -2.25. The summed E-state index contributed by atoms with van der Waals surface area (Å²) in [6, 6.07) is 0. The second-order valence-corrected chi connectivity index (χ2v) is 12.8. The molecule has 0 radical (unpaired) electrons. The molecular formula is C16H24O3P2. The summed E-state index contributed by atoms with van der Waals surface area (Å²) < 4.78 is 5.09. The van der Waals surface area contributed by atoms with Gasteiger partial charge in [-0.15, -0.1) is 0 Å². The van der Waals surface area contributed by atoms with E-state index in [0.29, 0.717) is 22.6 Å². The van der Waals surface area contributed by atoms with E-state index in [1.165, 1.54) is 25.7 Å². The number of cyclic esters (lactones) is 2. The summed E-state index contributed by atoms with van der Waals surface area (Å²) in [4.78, 5) is 24.7. The van der Waals surface area contributed by atoms with Crippen LogP contribution in [0.1, 0.15) is 53.4 Å². The number of hydrogen-bond acceptors (Lipinski definition) is 3. The van der Waals surface area contributed by atoms with Gasteiger partial charge in [0.25, 0.3) is 0 Å². The minimum atomic E-state index is -0.528. The Hall–Kier alpha value is -0.260. The molecule has 0 amide bonds. The molecule has 2 saturated heterocycles. The Labute approximate surface area is 129 Å². The van der Waals surface area contributed by atoms with Crippen LogP contribution in [0.4, 0.5) is 0 Å². The summed E-state index contributed by atoms with van der Waals surface area (Å²) in [5.41, 5.74) is 2.17. The van der Waals surface area contributed by atoms with E-state index in [9.17, 15) is 9.59 Å². The minimum absolute atomic E-state index is 0.310. The third-order valence-corrected chi connectivity index (χ3v) is 12.1. The molecule has 3 heterocycles. The summed E-state index contributed by atoms with van der Waals surface area (Å²) in [6.07, 6.45) is 4.70. The largest absolute Gasteiger partial charge is 0.386 e. The molecule has 3 nitrogen and oxygen atoms in total. The van der Waals surface area contributed by atoms with Crippen LogP contribution in [0.3, 0.4) is 0 Å². The van der Waals surface area contributed by atoms with E-state index in [-0.39, 0.29) is 11.9 Å². The van der Waals surface area contributed by atoms with Crippen molar-refractivity contribution in [3.8, 4) is 0 Å². The van der Waals surface area contributed by atoms with Gasteiger partial charge in [0, 0.05) is 0 Å². The van der Waals surface area contributed by atoms with Crippen molar-refractivity contribution in [1.29, 1.82) is 0 Å². The lowest BCUT2D eigenvalue weighted by molar-refractivity contribution is -0.150. The van der Waals surface area contributed by atoms with Gasteiger partial charge in [-0.2, -0.15) is 0 Å². The highest BCUT2D eigenvalue weighted by Gasteiger charge is 2.48. The van der Waals surface area contributed by atoms with Gasteiger partial charge in [0.15, 0.2) is 0 Å². The molecule has 0 aliphatic carbocycles. The molecule has 3 rings (SSSR count). The van der Waals surface area contributed by atoms with Crippen LogP contribution in [0.2, 0.25) is 0 Å². The van der Waals surface area contributed by atoms with Crippen LogP contribution in [-0.4, -0.2) is 34.6 Å². The van der Waals surface area contributed by atoms with Crippen LogP contribution in [-0.2, 0) is 14.3 Å². The first-order valence-corrected chi connectivity index (χ1v) is 10.9. The quantitative estimate of drug-likeness (QED) is 0.429. The van der Waals surface area contributed by atoms with Crippen LogP contribution in [0.25, 0.3) is 0 Å². The number of ether oxygens (including phenoxy) is 1. The van der Waals surface area contributed by atoms with Gasteiger partial charge < -0.3 is 4.74 Å². The smallest absolute Gasteiger partial charge is 0.347 e. The van der Waals surface area contributed by atoms with Crippen LogP contribution in [0.5, 0.6) is 0 Å². The Morgan fingerprint density at radius 2 is 1.00 bits per heavy atom. The number of esters is 2. The van der Waals surface area contributed by atoms with Crippen LogP contribution < -0.4 is 0 Å². The number of hydrogen-bond donors (Lipinski definition) is 0. The highest BCUT2D eigenvalue weighted by atomic mass is 31.1. The Kier molecular flexibility index (Phi) is 4.27. The molecule has 0 aromatic heterocycles. The molecule has 0 saturated carbocycles. The van der Waals surface area contributed by atoms with Crippen LogP contribution in [0.15, 0.2) is 10.6 Å². The molecule has 21 heavy (non-hydrogen) atoms. The fourth-order valence-electron chi connectivity index (χ4n) is 4.10. The van der Waals surface area contributed by atoms with E-state index < -0.39 is 15.8 Å². The van der Waals surface area contributed by atoms with Crippen molar-refractivity contribution in [2.45, 2.75) is 76.0 Å². The Bertz CT molecular complexity index is 450. The SMILES string of the molecule is C[C@@H]1CC[C@@H](C)P1C1=C(P2[C@H](C)CC[C@H]2C)C(=O)OC1=O. The molecule has 0 aromatic carbocycles. The lowest BCUT2D eigenvalue weighted by atomic mass is 10.2. The lowest BCUT2D eigenvalue weighted by Crippen LogP contribution is -2.08. The summed E-state index contributed by atoms with van der Waals surface area (Å²) >= 11 is 0. The summed E-state index contributed by atoms with van der Waals surface area (Å²) in [5.74, 6) is -0.619. The van der Waals surface area contributed by atoms with Crippen LogP contribution >= 0.6 is 15.8 Å². The number of carbonyl (C=O) groups is 2. The van der Waals surface area contributed by atoms with Crippen molar-refractivity contribution in [3.63, 3.8) is 0 Å². The topological polar surface area (TPSA) is 43.4 Å². The van der Waals surface area contributed by atoms with Crippen molar-refractivity contribution in [2.75, 3.05) is 0 Å². The molecule has 3 aliphatic heterocycles. The zero-order valence-electron chi connectivity index (χ0n) is 13.3. The van der Waals surface area contributed by atoms with Crippen molar-refractivity contribution in [3.05, 3.63) is 10.6 Å². The van der Waals surface area contributed by atoms with Crippen molar-refractivity contribution < 1.29 is 14.3 Å². The molecule has 0 bridgehead atoms. The second-order valence-electron chi connectivity index (χ2n) is 6.74. The standard InChI is InChI=1S/C16H24O3P2/c1-9-5-6-10(2)20(9)13-14(16(18)19-15(13)17)21-11(3)7-8-12(21)4/h9-12H,5-8H2,1-4H3/t9-,10-,11-,12-/m1/s1. The van der Waals surface area contributed by atoms with Gasteiger partial charge >= 0.3 is 11.9 Å². The number of rotatable bonds is 2. The van der Waals surface area contributed by atoms with E-state index in [0.717, 1.165) is 10.6 Å². The molecule has 116 valence electrons. The summed E-state index contributed by atoms with van der Waals surface area (Å²) in [6.45, 7) is 8.96. The Morgan fingerprint density at radius 1 is 0.714 bits per heavy atom. The monoisotopic (exact) mass is 326 g/mol. The van der Waals surface area contributed by atoms with Crippen molar-refractivity contribution >= 4 is 27.8 Å². The van der Waals surface area contributed by atoms with Gasteiger partial charge in [-0.1, -0.05) is 43.5 Å². The van der Waals surface area contributed by atoms with E-state index in [4.69, 9.17) is 4.74 Å². The highest BCUT2D eigenvalue weighted by Crippen LogP contribution is 2.70. The van der Waals surface area contributed by atoms with E-state index in [2.05, 4.69) is 27.7 Å². The molecule has 0 spiro atoms. The molecule has 2 fully saturated rings. The average Bonchev–Trinajstić information content (AvgIpc) is 3.00. The third kappa shape index (κ3) is 2.51. The highest BCUT2D eigenvalue weighted by molar-refractivity contribution is 7.70. The van der Waals surface area contributed by atoms with E-state index >= 15 is 0 Å². The molecule has 5 heteroatoms. The van der Waals surface area contributed by atoms with E-state index in [1.807, 2.05) is 0 Å². The third-order valence-electron chi connectivity index (χ3n) is 5.22. The molecule has 0 N–H and O–H groups in total. The fourth-order valence-corrected chi connectivity index (χ4v) is 11.2. The average molecular weight is 326 g/mol. The number of carbonyl (C=O) groups excluding carboxylic acids is 2. The Balaban J connectivity index is 2.07. The second kappa shape index (κ2) is 5.74. The van der Waals surface area contributed by atoms with Crippen molar-refractivity contribution in [2.24, 2.45) is 0 Å². The van der Waals surface area contributed by atoms with Gasteiger partial charge in [0.05, 0.1) is 10.6 Å². The first-order valence-electron chi connectivity index (χ1n) is 7.99.